The molecular weight excluding hydrogens is 292 g/mol. The number of thiazole rings is 1. The second kappa shape index (κ2) is 6.61. The van der Waals surface area contributed by atoms with Crippen LogP contribution < -0.4 is 5.32 Å². The van der Waals surface area contributed by atoms with Gasteiger partial charge in [-0.3, -0.25) is 4.79 Å². The molecule has 1 heterocycles. The predicted molar refractivity (Wildman–Crippen MR) is 90.2 cm³/mol. The van der Waals surface area contributed by atoms with Crippen LogP contribution in [0.3, 0.4) is 0 Å². The molecule has 1 aromatic heterocycles. The molecule has 0 radical (unpaired) electrons. The molecule has 1 aromatic carbocycles. The summed E-state index contributed by atoms with van der Waals surface area (Å²) in [4.78, 5) is 16.4. The molecule has 1 saturated carbocycles. The Balaban J connectivity index is 1.47. The molecule has 1 amide bonds. The average Bonchev–Trinajstić information content (AvgIpc) is 3.16. The fourth-order valence-corrected chi connectivity index (χ4v) is 3.38. The number of rotatable bonds is 6. The first-order chi connectivity index (χ1) is 10.6. The van der Waals surface area contributed by atoms with Crippen LogP contribution in [-0.4, -0.2) is 17.4 Å². The van der Waals surface area contributed by atoms with Crippen molar-refractivity contribution in [2.24, 2.45) is 5.92 Å². The lowest BCUT2D eigenvalue weighted by molar-refractivity contribution is -0.122. The van der Waals surface area contributed by atoms with E-state index in [1.807, 2.05) is 10.9 Å². The maximum Gasteiger partial charge on any atom is 0.223 e. The largest absolute Gasteiger partial charge is 0.355 e. The van der Waals surface area contributed by atoms with Crippen LogP contribution in [-0.2, 0) is 11.2 Å². The molecule has 22 heavy (non-hydrogen) atoms. The molecule has 2 aromatic rings. The molecule has 2 unspecified atom stereocenters. The summed E-state index contributed by atoms with van der Waals surface area (Å²) in [5.74, 6) is 1.30. The van der Waals surface area contributed by atoms with Crippen molar-refractivity contribution in [3.8, 4) is 0 Å². The molecule has 0 saturated heterocycles. The van der Waals surface area contributed by atoms with Gasteiger partial charge in [0.15, 0.2) is 0 Å². The Morgan fingerprint density at radius 1 is 1.36 bits per heavy atom. The Bertz CT molecular complexity index is 619. The maximum atomic E-state index is 12.2. The van der Waals surface area contributed by atoms with Gasteiger partial charge in [-0.1, -0.05) is 38.1 Å². The van der Waals surface area contributed by atoms with Crippen molar-refractivity contribution in [3.05, 3.63) is 52.0 Å². The molecule has 116 valence electrons. The third kappa shape index (κ3) is 3.55. The van der Waals surface area contributed by atoms with E-state index >= 15 is 0 Å². The third-order valence-corrected chi connectivity index (χ3v) is 4.96. The molecule has 1 aliphatic rings. The number of aromatic nitrogens is 1. The Morgan fingerprint density at radius 3 is 2.77 bits per heavy atom. The molecule has 0 spiro atoms. The summed E-state index contributed by atoms with van der Waals surface area (Å²) >= 11 is 1.59. The highest BCUT2D eigenvalue weighted by atomic mass is 32.1. The molecule has 2 atom stereocenters. The van der Waals surface area contributed by atoms with Crippen molar-refractivity contribution in [1.82, 2.24) is 10.3 Å². The van der Waals surface area contributed by atoms with Crippen LogP contribution >= 0.6 is 11.3 Å². The van der Waals surface area contributed by atoms with E-state index in [1.54, 1.807) is 11.3 Å². The maximum absolute atomic E-state index is 12.2. The molecular formula is C18H22N2OS. The van der Waals surface area contributed by atoms with Crippen LogP contribution in [0, 0.1) is 5.92 Å². The molecule has 0 aliphatic heterocycles. The van der Waals surface area contributed by atoms with Crippen molar-refractivity contribution >= 4 is 17.2 Å². The second-order valence-electron chi connectivity index (χ2n) is 6.29. The predicted octanol–water partition coefficient (Wildman–Crippen LogP) is 3.73. The Kier molecular flexibility index (Phi) is 4.57. The summed E-state index contributed by atoms with van der Waals surface area (Å²) in [6.45, 7) is 5.08. The van der Waals surface area contributed by atoms with Crippen molar-refractivity contribution in [3.63, 3.8) is 0 Å². The number of nitrogens with one attached hydrogen (secondary N) is 1. The van der Waals surface area contributed by atoms with Crippen LogP contribution in [0.4, 0.5) is 0 Å². The summed E-state index contributed by atoms with van der Waals surface area (Å²) in [5.41, 5.74) is 5.54. The van der Waals surface area contributed by atoms with E-state index in [0.29, 0.717) is 18.4 Å². The smallest absolute Gasteiger partial charge is 0.223 e. The molecule has 4 heteroatoms. The van der Waals surface area contributed by atoms with Gasteiger partial charge in [0.25, 0.3) is 0 Å². The second-order valence-corrected chi connectivity index (χ2v) is 7.01. The number of carbonyl (C=O) groups excluding carboxylic acids is 1. The summed E-state index contributed by atoms with van der Waals surface area (Å²) < 4.78 is 0. The van der Waals surface area contributed by atoms with Gasteiger partial charge in [-0.25, -0.2) is 4.98 Å². The highest BCUT2D eigenvalue weighted by Gasteiger charge is 2.43. The minimum atomic E-state index is 0.153. The van der Waals surface area contributed by atoms with Crippen LogP contribution in [0.2, 0.25) is 0 Å². The Labute approximate surface area is 135 Å². The van der Waals surface area contributed by atoms with Crippen molar-refractivity contribution in [2.45, 2.75) is 38.5 Å². The van der Waals surface area contributed by atoms with Gasteiger partial charge < -0.3 is 5.32 Å². The monoisotopic (exact) mass is 314 g/mol. The third-order valence-electron chi connectivity index (χ3n) is 4.32. The number of amides is 1. The van der Waals surface area contributed by atoms with Gasteiger partial charge in [-0.05, 0) is 29.4 Å². The van der Waals surface area contributed by atoms with Crippen LogP contribution in [0.1, 0.15) is 48.9 Å². The van der Waals surface area contributed by atoms with Crippen molar-refractivity contribution in [2.75, 3.05) is 6.54 Å². The van der Waals surface area contributed by atoms with E-state index in [9.17, 15) is 4.79 Å². The van der Waals surface area contributed by atoms with Gasteiger partial charge >= 0.3 is 0 Å². The van der Waals surface area contributed by atoms with Crippen LogP contribution in [0.15, 0.2) is 35.2 Å². The van der Waals surface area contributed by atoms with Crippen molar-refractivity contribution < 1.29 is 4.79 Å². The van der Waals surface area contributed by atoms with Gasteiger partial charge in [0.05, 0.1) is 11.2 Å². The summed E-state index contributed by atoms with van der Waals surface area (Å²) in [6, 6.07) is 8.75. The zero-order valence-electron chi connectivity index (χ0n) is 13.1. The Morgan fingerprint density at radius 2 is 2.14 bits per heavy atom. The van der Waals surface area contributed by atoms with Gasteiger partial charge in [0.1, 0.15) is 0 Å². The summed E-state index contributed by atoms with van der Waals surface area (Å²) in [7, 11) is 0. The topological polar surface area (TPSA) is 42.0 Å². The number of hydrogen-bond donors (Lipinski definition) is 1. The highest BCUT2D eigenvalue weighted by molar-refractivity contribution is 7.07. The zero-order valence-corrected chi connectivity index (χ0v) is 13.9. The molecule has 3 nitrogen and oxygen atoms in total. The number of nitrogens with zero attached hydrogens (tertiary/aromatic N) is 1. The van der Waals surface area contributed by atoms with Crippen LogP contribution in [0.25, 0.3) is 0 Å². The van der Waals surface area contributed by atoms with E-state index in [4.69, 9.17) is 0 Å². The van der Waals surface area contributed by atoms with Gasteiger partial charge in [-0.2, -0.15) is 0 Å². The van der Waals surface area contributed by atoms with Gasteiger partial charge in [-0.15, -0.1) is 11.3 Å². The van der Waals surface area contributed by atoms with Gasteiger partial charge in [0, 0.05) is 24.3 Å². The number of hydrogen-bond acceptors (Lipinski definition) is 3. The molecule has 1 aliphatic carbocycles. The zero-order chi connectivity index (χ0) is 15.5. The SMILES string of the molecule is CC(C)c1ccc(C2CC2C(=O)NCCc2cscn2)cc1. The first kappa shape index (κ1) is 15.2. The standard InChI is InChI=1S/C18H22N2OS/c1-12(2)13-3-5-14(6-4-13)16-9-17(16)18(21)19-8-7-15-10-22-11-20-15/h3-6,10-12,16-17H,7-9H2,1-2H3,(H,19,21). The van der Waals surface area contributed by atoms with Crippen LogP contribution in [0.5, 0.6) is 0 Å². The molecule has 3 rings (SSSR count). The normalized spacial score (nSPS) is 20.1. The minimum absolute atomic E-state index is 0.153. The fourth-order valence-electron chi connectivity index (χ4n) is 2.79. The fraction of sp³-hybridized carbons (Fsp3) is 0.444. The molecule has 1 fully saturated rings. The van der Waals surface area contributed by atoms with E-state index in [-0.39, 0.29) is 11.8 Å². The summed E-state index contributed by atoms with van der Waals surface area (Å²) in [6.07, 6.45) is 1.79. The Hall–Kier alpha value is -1.68. The number of carbonyl (C=O) groups is 1. The summed E-state index contributed by atoms with van der Waals surface area (Å²) in [5, 5.41) is 5.07. The lowest BCUT2D eigenvalue weighted by Gasteiger charge is -2.07. The first-order valence-corrected chi connectivity index (χ1v) is 8.84. The lowest BCUT2D eigenvalue weighted by Crippen LogP contribution is -2.27. The van der Waals surface area contributed by atoms with E-state index in [0.717, 1.165) is 18.5 Å². The van der Waals surface area contributed by atoms with E-state index < -0.39 is 0 Å². The van der Waals surface area contributed by atoms with E-state index in [1.165, 1.54) is 11.1 Å². The molecule has 0 bridgehead atoms. The molecule has 1 N–H and O–H groups in total. The lowest BCUT2D eigenvalue weighted by atomic mass is 10.00. The van der Waals surface area contributed by atoms with Crippen molar-refractivity contribution in [1.29, 1.82) is 0 Å². The highest BCUT2D eigenvalue weighted by Crippen LogP contribution is 2.47. The average molecular weight is 314 g/mol. The number of benzene rings is 1. The quantitative estimate of drug-likeness (QED) is 0.883. The van der Waals surface area contributed by atoms with Gasteiger partial charge in [0.2, 0.25) is 5.91 Å². The van der Waals surface area contributed by atoms with E-state index in [2.05, 4.69) is 48.4 Å². The minimum Gasteiger partial charge on any atom is -0.355 e. The first-order valence-electron chi connectivity index (χ1n) is 7.90.